The summed E-state index contributed by atoms with van der Waals surface area (Å²) in [6.45, 7) is 6.07. The number of fused-ring (bicyclic) bond motifs is 1. The van der Waals surface area contributed by atoms with E-state index in [1.165, 1.54) is 11.1 Å². The number of hydrogen-bond acceptors (Lipinski definition) is 3. The Labute approximate surface area is 124 Å². The summed E-state index contributed by atoms with van der Waals surface area (Å²) >= 11 is 0. The van der Waals surface area contributed by atoms with E-state index in [0.717, 1.165) is 36.3 Å². The molecule has 1 aliphatic rings. The zero-order valence-electron chi connectivity index (χ0n) is 12.7. The van der Waals surface area contributed by atoms with Gasteiger partial charge in [0.25, 0.3) is 0 Å². The summed E-state index contributed by atoms with van der Waals surface area (Å²) < 4.78 is 18.6. The Kier molecular flexibility index (Phi) is 3.81. The Morgan fingerprint density at radius 1 is 1.43 bits per heavy atom. The third-order valence-electron chi connectivity index (χ3n) is 4.36. The summed E-state index contributed by atoms with van der Waals surface area (Å²) in [5, 5.41) is 7.62. The van der Waals surface area contributed by atoms with Gasteiger partial charge >= 0.3 is 0 Å². The van der Waals surface area contributed by atoms with E-state index in [4.69, 9.17) is 4.52 Å². The van der Waals surface area contributed by atoms with E-state index in [0.29, 0.717) is 6.04 Å². The van der Waals surface area contributed by atoms with E-state index in [1.54, 1.807) is 12.1 Å². The monoisotopic (exact) mass is 288 g/mol. The number of hydrogen-bond donors (Lipinski definition) is 1. The van der Waals surface area contributed by atoms with E-state index < -0.39 is 0 Å². The van der Waals surface area contributed by atoms with Crippen molar-refractivity contribution in [1.29, 1.82) is 0 Å². The van der Waals surface area contributed by atoms with Gasteiger partial charge in [-0.1, -0.05) is 11.2 Å². The highest BCUT2D eigenvalue weighted by Crippen LogP contribution is 2.32. The number of halogens is 1. The van der Waals surface area contributed by atoms with Gasteiger partial charge in [-0.15, -0.1) is 0 Å². The van der Waals surface area contributed by atoms with Crippen LogP contribution in [0.25, 0.3) is 0 Å². The number of aromatic nitrogens is 1. The minimum absolute atomic E-state index is 0.152. The number of benzene rings is 1. The van der Waals surface area contributed by atoms with E-state index in [9.17, 15) is 4.39 Å². The normalized spacial score (nSPS) is 18.8. The Hall–Kier alpha value is -1.68. The van der Waals surface area contributed by atoms with Crippen LogP contribution in [-0.2, 0) is 12.8 Å². The fourth-order valence-electron chi connectivity index (χ4n) is 3.25. The lowest BCUT2D eigenvalue weighted by atomic mass is 10.0. The zero-order valence-corrected chi connectivity index (χ0v) is 12.7. The van der Waals surface area contributed by atoms with Gasteiger partial charge < -0.3 is 9.84 Å². The topological polar surface area (TPSA) is 38.1 Å². The molecule has 3 nitrogen and oxygen atoms in total. The van der Waals surface area contributed by atoms with Crippen LogP contribution in [0.1, 0.15) is 47.5 Å². The predicted octanol–water partition coefficient (Wildman–Crippen LogP) is 3.64. The van der Waals surface area contributed by atoms with Crippen LogP contribution in [0.15, 0.2) is 22.7 Å². The number of nitrogens with zero attached hydrogens (tertiary/aromatic N) is 1. The Morgan fingerprint density at radius 3 is 2.95 bits per heavy atom. The lowest BCUT2D eigenvalue weighted by Crippen LogP contribution is -2.31. The first-order valence-corrected chi connectivity index (χ1v) is 7.50. The minimum Gasteiger partial charge on any atom is -0.361 e. The van der Waals surface area contributed by atoms with Crippen LogP contribution >= 0.6 is 0 Å². The maximum atomic E-state index is 13.4. The summed E-state index contributed by atoms with van der Waals surface area (Å²) in [5.41, 5.74) is 4.51. The molecule has 21 heavy (non-hydrogen) atoms. The second kappa shape index (κ2) is 5.60. The van der Waals surface area contributed by atoms with Gasteiger partial charge in [0, 0.05) is 17.6 Å². The molecule has 0 spiro atoms. The van der Waals surface area contributed by atoms with Gasteiger partial charge in [0.1, 0.15) is 11.6 Å². The molecule has 2 aromatic rings. The van der Waals surface area contributed by atoms with Crippen LogP contribution in [-0.4, -0.2) is 11.2 Å². The average Bonchev–Trinajstić information content (AvgIpc) is 2.97. The second-order valence-corrected chi connectivity index (χ2v) is 6.01. The van der Waals surface area contributed by atoms with Crippen molar-refractivity contribution in [2.45, 2.75) is 52.1 Å². The molecule has 0 unspecified atom stereocenters. The molecule has 1 aliphatic carbocycles. The molecule has 1 N–H and O–H groups in total. The van der Waals surface area contributed by atoms with Crippen LogP contribution in [0.4, 0.5) is 4.39 Å². The second-order valence-electron chi connectivity index (χ2n) is 6.01. The van der Waals surface area contributed by atoms with Gasteiger partial charge in [0.05, 0.1) is 5.69 Å². The fourth-order valence-corrected chi connectivity index (χ4v) is 3.25. The minimum atomic E-state index is -0.152. The molecular weight excluding hydrogens is 267 g/mol. The molecule has 0 amide bonds. The molecule has 0 radical (unpaired) electrons. The maximum Gasteiger partial charge on any atom is 0.137 e. The quantitative estimate of drug-likeness (QED) is 0.933. The molecule has 0 saturated carbocycles. The van der Waals surface area contributed by atoms with Crippen LogP contribution in [0.5, 0.6) is 0 Å². The highest BCUT2D eigenvalue weighted by Gasteiger charge is 2.24. The highest BCUT2D eigenvalue weighted by molar-refractivity contribution is 5.35. The largest absolute Gasteiger partial charge is 0.361 e. The predicted molar refractivity (Wildman–Crippen MR) is 79.7 cm³/mol. The fraction of sp³-hybridized carbons (Fsp3) is 0.471. The third kappa shape index (κ3) is 2.86. The summed E-state index contributed by atoms with van der Waals surface area (Å²) in [7, 11) is 0. The zero-order chi connectivity index (χ0) is 15.0. The lowest BCUT2D eigenvalue weighted by molar-refractivity contribution is 0.390. The maximum absolute atomic E-state index is 13.4. The van der Waals surface area contributed by atoms with Gasteiger partial charge in [-0.25, -0.2) is 4.39 Å². The van der Waals surface area contributed by atoms with Crippen LogP contribution < -0.4 is 5.32 Å². The van der Waals surface area contributed by atoms with Crippen molar-refractivity contribution < 1.29 is 8.91 Å². The average molecular weight is 288 g/mol. The van der Waals surface area contributed by atoms with Crippen molar-refractivity contribution in [3.05, 3.63) is 52.2 Å². The molecule has 0 aliphatic heterocycles. The third-order valence-corrected chi connectivity index (χ3v) is 4.36. The van der Waals surface area contributed by atoms with E-state index >= 15 is 0 Å². The molecule has 1 aromatic heterocycles. The van der Waals surface area contributed by atoms with Gasteiger partial charge in [0.15, 0.2) is 0 Å². The van der Waals surface area contributed by atoms with Crippen LogP contribution in [0, 0.1) is 19.7 Å². The molecule has 0 saturated heterocycles. The molecular formula is C17H21FN2O. The standard InChI is InChI=1S/C17H21FN2O/c1-10(8-15-11(2)20-21-12(15)3)19-17-7-5-13-4-6-14(18)9-16(13)17/h4,6,9-10,17,19H,5,7-8H2,1-3H3/t10-,17-/m1/s1. The summed E-state index contributed by atoms with van der Waals surface area (Å²) in [4.78, 5) is 0. The molecule has 4 heteroatoms. The van der Waals surface area contributed by atoms with E-state index in [1.807, 2.05) is 19.9 Å². The van der Waals surface area contributed by atoms with Gasteiger partial charge in [0.2, 0.25) is 0 Å². The van der Waals surface area contributed by atoms with Crippen molar-refractivity contribution in [3.8, 4) is 0 Å². The van der Waals surface area contributed by atoms with Crippen molar-refractivity contribution in [3.63, 3.8) is 0 Å². The van der Waals surface area contributed by atoms with Crippen molar-refractivity contribution >= 4 is 0 Å². The van der Waals surface area contributed by atoms with E-state index in [-0.39, 0.29) is 11.9 Å². The Morgan fingerprint density at radius 2 is 2.24 bits per heavy atom. The van der Waals surface area contributed by atoms with Crippen LogP contribution in [0.2, 0.25) is 0 Å². The van der Waals surface area contributed by atoms with Crippen molar-refractivity contribution in [1.82, 2.24) is 10.5 Å². The Balaban J connectivity index is 1.70. The highest BCUT2D eigenvalue weighted by atomic mass is 19.1. The number of nitrogens with one attached hydrogen (secondary N) is 1. The first-order valence-electron chi connectivity index (χ1n) is 7.50. The molecule has 0 bridgehead atoms. The van der Waals surface area contributed by atoms with Gasteiger partial charge in [-0.3, -0.25) is 0 Å². The molecule has 2 atom stereocenters. The van der Waals surface area contributed by atoms with Crippen molar-refractivity contribution in [2.24, 2.45) is 0 Å². The first-order chi connectivity index (χ1) is 10.0. The van der Waals surface area contributed by atoms with Crippen LogP contribution in [0.3, 0.4) is 0 Å². The number of aryl methyl sites for hydroxylation is 3. The summed E-state index contributed by atoms with van der Waals surface area (Å²) in [5.74, 6) is 0.736. The van der Waals surface area contributed by atoms with Crippen molar-refractivity contribution in [2.75, 3.05) is 0 Å². The molecule has 1 aromatic carbocycles. The number of rotatable bonds is 4. The van der Waals surface area contributed by atoms with Gasteiger partial charge in [-0.05, 0) is 63.3 Å². The summed E-state index contributed by atoms with van der Waals surface area (Å²) in [6, 6.07) is 5.66. The van der Waals surface area contributed by atoms with E-state index in [2.05, 4.69) is 17.4 Å². The smallest absolute Gasteiger partial charge is 0.137 e. The summed E-state index contributed by atoms with van der Waals surface area (Å²) in [6.07, 6.45) is 2.93. The molecule has 112 valence electrons. The lowest BCUT2D eigenvalue weighted by Gasteiger charge is -2.20. The molecule has 0 fully saturated rings. The van der Waals surface area contributed by atoms with Gasteiger partial charge in [-0.2, -0.15) is 0 Å². The SMILES string of the molecule is Cc1noc(C)c1C[C@@H](C)N[C@@H]1CCc2ccc(F)cc21. The molecule has 1 heterocycles. The molecule has 3 rings (SSSR count). The Bertz CT molecular complexity index is 631. The first kappa shape index (κ1) is 14.3.